The lowest BCUT2D eigenvalue weighted by Gasteiger charge is -1.96. The van der Waals surface area contributed by atoms with Gasteiger partial charge in [-0.1, -0.05) is 11.6 Å². The summed E-state index contributed by atoms with van der Waals surface area (Å²) in [7, 11) is 0. The number of carbonyl (C=O) groups excluding carboxylic acids is 1. The second-order valence-electron chi connectivity index (χ2n) is 2.59. The third kappa shape index (κ3) is 3.67. The third-order valence-corrected chi connectivity index (χ3v) is 1.78. The van der Waals surface area contributed by atoms with Crippen molar-refractivity contribution < 1.29 is 13.9 Å². The molecule has 80 valence electrons. The molecule has 0 aromatic carbocycles. The first-order valence-corrected chi connectivity index (χ1v) is 4.68. The number of ether oxygens (including phenoxy) is 1. The van der Waals surface area contributed by atoms with E-state index < -0.39 is 11.9 Å². The highest BCUT2D eigenvalue weighted by Gasteiger charge is 2.01. The zero-order valence-corrected chi connectivity index (χ0v) is 8.79. The molecule has 0 N–H and O–H groups in total. The second kappa shape index (κ2) is 5.46. The van der Waals surface area contributed by atoms with Crippen LogP contribution in [0.2, 0.25) is 5.02 Å². The molecule has 0 amide bonds. The minimum Gasteiger partial charge on any atom is -0.463 e. The van der Waals surface area contributed by atoms with Crippen molar-refractivity contribution in [1.82, 2.24) is 4.98 Å². The molecule has 0 aliphatic carbocycles. The van der Waals surface area contributed by atoms with Gasteiger partial charge in [-0.05, 0) is 25.1 Å². The molecule has 0 bridgehead atoms. The number of rotatable bonds is 3. The molecule has 0 saturated carbocycles. The lowest BCUT2D eigenvalue weighted by atomic mass is 10.3. The number of hydrogen-bond donors (Lipinski definition) is 0. The Hall–Kier alpha value is -1.42. The monoisotopic (exact) mass is 229 g/mol. The SMILES string of the molecule is CCOC(=O)/C=C/c1ccc(Cl)c(F)n1. The van der Waals surface area contributed by atoms with Crippen molar-refractivity contribution in [2.75, 3.05) is 6.61 Å². The number of pyridine rings is 1. The van der Waals surface area contributed by atoms with Crippen molar-refractivity contribution in [2.24, 2.45) is 0 Å². The summed E-state index contributed by atoms with van der Waals surface area (Å²) in [6.07, 6.45) is 2.54. The van der Waals surface area contributed by atoms with E-state index in [1.165, 1.54) is 24.3 Å². The first-order valence-electron chi connectivity index (χ1n) is 4.30. The molecule has 3 nitrogen and oxygen atoms in total. The maximum atomic E-state index is 12.9. The van der Waals surface area contributed by atoms with E-state index in [0.717, 1.165) is 0 Å². The van der Waals surface area contributed by atoms with Gasteiger partial charge in [0.05, 0.1) is 17.3 Å². The quantitative estimate of drug-likeness (QED) is 0.454. The highest BCUT2D eigenvalue weighted by molar-refractivity contribution is 6.30. The predicted molar refractivity (Wildman–Crippen MR) is 54.9 cm³/mol. The lowest BCUT2D eigenvalue weighted by Crippen LogP contribution is -1.99. The highest BCUT2D eigenvalue weighted by atomic mass is 35.5. The number of esters is 1. The van der Waals surface area contributed by atoms with Crippen LogP contribution in [0.25, 0.3) is 6.08 Å². The van der Waals surface area contributed by atoms with Gasteiger partial charge in [0.15, 0.2) is 0 Å². The van der Waals surface area contributed by atoms with E-state index >= 15 is 0 Å². The normalized spacial score (nSPS) is 10.6. The molecular formula is C10H9ClFNO2. The average Bonchev–Trinajstić information content (AvgIpc) is 2.20. The fourth-order valence-electron chi connectivity index (χ4n) is 0.868. The summed E-state index contributed by atoms with van der Waals surface area (Å²) >= 11 is 5.44. The number of halogens is 2. The molecule has 1 heterocycles. The molecule has 0 unspecified atom stereocenters. The van der Waals surface area contributed by atoms with Gasteiger partial charge in [-0.25, -0.2) is 9.78 Å². The number of nitrogens with zero attached hydrogens (tertiary/aromatic N) is 1. The van der Waals surface area contributed by atoms with Gasteiger partial charge in [-0.15, -0.1) is 0 Å². The zero-order valence-electron chi connectivity index (χ0n) is 8.04. The van der Waals surface area contributed by atoms with Crippen LogP contribution in [0.3, 0.4) is 0 Å². The molecule has 0 spiro atoms. The van der Waals surface area contributed by atoms with E-state index in [1.807, 2.05) is 0 Å². The Kier molecular flexibility index (Phi) is 4.24. The van der Waals surface area contributed by atoms with Gasteiger partial charge in [0.25, 0.3) is 0 Å². The number of aromatic nitrogens is 1. The van der Waals surface area contributed by atoms with Gasteiger partial charge in [0, 0.05) is 6.08 Å². The fraction of sp³-hybridized carbons (Fsp3) is 0.200. The molecule has 0 aliphatic heterocycles. The minimum absolute atomic E-state index is 0.0525. The van der Waals surface area contributed by atoms with Crippen LogP contribution in [0, 0.1) is 5.95 Å². The first kappa shape index (κ1) is 11.7. The standard InChI is InChI=1S/C10H9ClFNO2/c1-2-15-9(14)6-4-7-3-5-8(11)10(12)13-7/h3-6H,2H2,1H3/b6-4+. The van der Waals surface area contributed by atoms with Gasteiger partial charge in [0.2, 0.25) is 5.95 Å². The Morgan fingerprint density at radius 2 is 2.40 bits per heavy atom. The molecular weight excluding hydrogens is 221 g/mol. The van der Waals surface area contributed by atoms with Crippen LogP contribution in [-0.4, -0.2) is 17.6 Å². The van der Waals surface area contributed by atoms with E-state index in [0.29, 0.717) is 12.3 Å². The van der Waals surface area contributed by atoms with Gasteiger partial charge in [-0.3, -0.25) is 0 Å². The van der Waals surface area contributed by atoms with E-state index in [4.69, 9.17) is 11.6 Å². The van der Waals surface area contributed by atoms with Gasteiger partial charge >= 0.3 is 5.97 Å². The van der Waals surface area contributed by atoms with E-state index in [1.54, 1.807) is 6.92 Å². The van der Waals surface area contributed by atoms with Crippen molar-refractivity contribution in [3.63, 3.8) is 0 Å². The van der Waals surface area contributed by atoms with Crippen molar-refractivity contribution in [3.05, 3.63) is 34.9 Å². The first-order chi connectivity index (χ1) is 7.13. The Bertz CT molecular complexity index is 393. The predicted octanol–water partition coefficient (Wildman–Crippen LogP) is 2.45. The van der Waals surface area contributed by atoms with Gasteiger partial charge in [-0.2, -0.15) is 4.39 Å². The Morgan fingerprint density at radius 1 is 1.67 bits per heavy atom. The molecule has 0 saturated heterocycles. The largest absolute Gasteiger partial charge is 0.463 e. The van der Waals surface area contributed by atoms with E-state index in [9.17, 15) is 9.18 Å². The molecule has 0 atom stereocenters. The molecule has 15 heavy (non-hydrogen) atoms. The van der Waals surface area contributed by atoms with Crippen LogP contribution in [0.1, 0.15) is 12.6 Å². The van der Waals surface area contributed by atoms with E-state index in [2.05, 4.69) is 9.72 Å². The molecule has 0 aliphatic rings. The summed E-state index contributed by atoms with van der Waals surface area (Å²) in [6, 6.07) is 2.87. The van der Waals surface area contributed by atoms with Crippen LogP contribution in [0.4, 0.5) is 4.39 Å². The summed E-state index contributed by atoms with van der Waals surface area (Å²) < 4.78 is 17.5. The summed E-state index contributed by atoms with van der Waals surface area (Å²) in [5, 5.41) is -0.0525. The van der Waals surface area contributed by atoms with Crippen molar-refractivity contribution >= 4 is 23.6 Å². The minimum atomic E-state index is -0.761. The molecule has 1 rings (SSSR count). The summed E-state index contributed by atoms with van der Waals surface area (Å²) in [6.45, 7) is 2.00. The van der Waals surface area contributed by atoms with Crippen molar-refractivity contribution in [1.29, 1.82) is 0 Å². The molecule has 0 fully saturated rings. The molecule has 1 aromatic rings. The Balaban J connectivity index is 2.72. The second-order valence-corrected chi connectivity index (χ2v) is 3.00. The van der Waals surface area contributed by atoms with Crippen molar-refractivity contribution in [3.8, 4) is 0 Å². The Morgan fingerprint density at radius 3 is 3.00 bits per heavy atom. The number of carbonyl (C=O) groups is 1. The highest BCUT2D eigenvalue weighted by Crippen LogP contribution is 2.12. The summed E-state index contributed by atoms with van der Waals surface area (Å²) in [5.41, 5.74) is 0.310. The third-order valence-electron chi connectivity index (χ3n) is 1.50. The van der Waals surface area contributed by atoms with Gasteiger partial charge < -0.3 is 4.74 Å². The van der Waals surface area contributed by atoms with Gasteiger partial charge in [0.1, 0.15) is 0 Å². The number of hydrogen-bond acceptors (Lipinski definition) is 3. The maximum absolute atomic E-state index is 12.9. The maximum Gasteiger partial charge on any atom is 0.330 e. The van der Waals surface area contributed by atoms with Crippen LogP contribution >= 0.6 is 11.6 Å². The summed E-state index contributed by atoms with van der Waals surface area (Å²) in [5.74, 6) is -1.25. The molecule has 0 radical (unpaired) electrons. The van der Waals surface area contributed by atoms with Crippen LogP contribution in [0.15, 0.2) is 18.2 Å². The Labute approximate surface area is 91.5 Å². The topological polar surface area (TPSA) is 39.2 Å². The molecule has 5 heteroatoms. The zero-order chi connectivity index (χ0) is 11.3. The van der Waals surface area contributed by atoms with Crippen molar-refractivity contribution in [2.45, 2.75) is 6.92 Å². The molecule has 1 aromatic heterocycles. The smallest absolute Gasteiger partial charge is 0.330 e. The lowest BCUT2D eigenvalue weighted by molar-refractivity contribution is -0.137. The van der Waals surface area contributed by atoms with Crippen LogP contribution in [0.5, 0.6) is 0 Å². The average molecular weight is 230 g/mol. The van der Waals surface area contributed by atoms with E-state index in [-0.39, 0.29) is 5.02 Å². The summed E-state index contributed by atoms with van der Waals surface area (Å²) in [4.78, 5) is 14.4. The van der Waals surface area contributed by atoms with Crippen LogP contribution < -0.4 is 0 Å². The fourth-order valence-corrected chi connectivity index (χ4v) is 0.973. The van der Waals surface area contributed by atoms with Crippen LogP contribution in [-0.2, 0) is 9.53 Å².